The maximum Gasteiger partial charge on any atom is 0.261 e. The molecule has 6 nitrogen and oxygen atoms in total. The molecule has 0 saturated heterocycles. The van der Waals surface area contributed by atoms with E-state index in [1.807, 2.05) is 6.07 Å². The fourth-order valence-electron chi connectivity index (χ4n) is 4.29. The monoisotopic (exact) mass is 555 g/mol. The summed E-state index contributed by atoms with van der Waals surface area (Å²) in [6.45, 7) is 0. The van der Waals surface area contributed by atoms with Gasteiger partial charge in [-0.15, -0.1) is 11.3 Å². The number of halogens is 2. The molecule has 1 amide bonds. The number of carbonyl (C=O) groups excluding carboxylic acids is 1. The number of hydrogen-bond donors (Lipinski definition) is 2. The average molecular weight is 557 g/mol. The van der Waals surface area contributed by atoms with Gasteiger partial charge in [-0.25, -0.2) is 4.98 Å². The maximum atomic E-state index is 12.5. The minimum absolute atomic E-state index is 0.0106. The lowest BCUT2D eigenvalue weighted by atomic mass is 9.91. The third-order valence-electron chi connectivity index (χ3n) is 5.85. The lowest BCUT2D eigenvalue weighted by molar-refractivity contribution is 0.0930. The number of nitrogens with one attached hydrogen (secondary N) is 2. The number of carbonyl (C=O) groups is 1. The minimum atomic E-state index is 0.0106. The highest BCUT2D eigenvalue weighted by atomic mass is 79.9. The van der Waals surface area contributed by atoms with Gasteiger partial charge >= 0.3 is 0 Å². The molecule has 0 unspecified atom stereocenters. The van der Waals surface area contributed by atoms with Gasteiger partial charge in [-0.3, -0.25) is 4.79 Å². The molecule has 4 rings (SSSR count). The molecule has 0 atom stereocenters. The molecule has 2 aromatic heterocycles. The predicted octanol–water partition coefficient (Wildman–Crippen LogP) is 5.16. The summed E-state index contributed by atoms with van der Waals surface area (Å²) in [6, 6.07) is 2.43. The second-order valence-corrected chi connectivity index (χ2v) is 11.5. The number of hydrogen-bond acceptors (Lipinski definition) is 6. The van der Waals surface area contributed by atoms with Crippen LogP contribution in [0.1, 0.15) is 59.5 Å². The number of anilines is 2. The van der Waals surface area contributed by atoms with Gasteiger partial charge in [-0.1, -0.05) is 0 Å². The summed E-state index contributed by atoms with van der Waals surface area (Å²) in [6.07, 6.45) is 8.47. The third-order valence-corrected chi connectivity index (χ3v) is 9.10. The highest BCUT2D eigenvalue weighted by Crippen LogP contribution is 2.33. The first-order chi connectivity index (χ1) is 14.4. The van der Waals surface area contributed by atoms with Crippen LogP contribution in [0.25, 0.3) is 0 Å². The van der Waals surface area contributed by atoms with E-state index in [0.29, 0.717) is 6.04 Å². The lowest BCUT2D eigenvalue weighted by Gasteiger charge is -2.30. The SMILES string of the molecule is CN(C)c1nc(N[C@H]2CC[C@@H](NC(=O)c3cc(Br)c(Br)s3)CC2)nc2c1CCCC2. The van der Waals surface area contributed by atoms with Crippen molar-refractivity contribution in [1.82, 2.24) is 15.3 Å². The predicted molar refractivity (Wildman–Crippen MR) is 130 cm³/mol. The van der Waals surface area contributed by atoms with E-state index in [1.165, 1.54) is 35.4 Å². The summed E-state index contributed by atoms with van der Waals surface area (Å²) < 4.78 is 1.87. The lowest BCUT2D eigenvalue weighted by Crippen LogP contribution is -2.40. The number of aryl methyl sites for hydroxylation is 1. The average Bonchev–Trinajstić information content (AvgIpc) is 3.07. The van der Waals surface area contributed by atoms with E-state index in [0.717, 1.165) is 63.4 Å². The normalized spacial score (nSPS) is 21.1. The van der Waals surface area contributed by atoms with Crippen LogP contribution < -0.4 is 15.5 Å². The van der Waals surface area contributed by atoms with E-state index >= 15 is 0 Å². The molecule has 30 heavy (non-hydrogen) atoms. The van der Waals surface area contributed by atoms with Crippen molar-refractivity contribution in [3.05, 3.63) is 30.5 Å². The Morgan fingerprint density at radius 1 is 1.10 bits per heavy atom. The molecule has 9 heteroatoms. The highest BCUT2D eigenvalue weighted by molar-refractivity contribution is 9.13. The molecule has 1 saturated carbocycles. The summed E-state index contributed by atoms with van der Waals surface area (Å²) in [5.74, 6) is 1.81. The van der Waals surface area contributed by atoms with Crippen LogP contribution in [0.15, 0.2) is 14.3 Å². The van der Waals surface area contributed by atoms with Gasteiger partial charge in [0.05, 0.1) is 14.4 Å². The molecule has 2 aliphatic carbocycles. The summed E-state index contributed by atoms with van der Waals surface area (Å²) in [5, 5.41) is 6.76. The molecule has 2 aromatic rings. The van der Waals surface area contributed by atoms with Crippen molar-refractivity contribution in [1.29, 1.82) is 0 Å². The van der Waals surface area contributed by atoms with Gasteiger partial charge in [0.2, 0.25) is 5.95 Å². The number of aromatic nitrogens is 2. The van der Waals surface area contributed by atoms with Gasteiger partial charge in [0.15, 0.2) is 0 Å². The topological polar surface area (TPSA) is 70.2 Å². The Morgan fingerprint density at radius 2 is 1.80 bits per heavy atom. The second kappa shape index (κ2) is 9.53. The summed E-state index contributed by atoms with van der Waals surface area (Å²) in [4.78, 5) is 25.0. The summed E-state index contributed by atoms with van der Waals surface area (Å²) >= 11 is 8.35. The van der Waals surface area contributed by atoms with Crippen molar-refractivity contribution in [2.75, 3.05) is 24.3 Å². The second-order valence-electron chi connectivity index (χ2n) is 8.30. The standard InChI is InChI=1S/C21H27Br2N5OS/c1-28(2)19-14-5-3-4-6-16(14)26-21(27-19)25-13-9-7-12(8-10-13)24-20(29)17-11-15(22)18(23)30-17/h11-13H,3-10H2,1-2H3,(H,24,29)(H,25,26,27)/t12-,13+. The van der Waals surface area contributed by atoms with E-state index in [9.17, 15) is 4.79 Å². The fourth-order valence-corrected chi connectivity index (χ4v) is 6.23. The quantitative estimate of drug-likeness (QED) is 0.532. The van der Waals surface area contributed by atoms with E-state index < -0.39 is 0 Å². The third kappa shape index (κ3) is 4.99. The van der Waals surface area contributed by atoms with Gasteiger partial charge < -0.3 is 15.5 Å². The fraction of sp³-hybridized carbons (Fsp3) is 0.571. The van der Waals surface area contributed by atoms with Crippen LogP contribution in [-0.4, -0.2) is 42.1 Å². The van der Waals surface area contributed by atoms with Crippen molar-refractivity contribution in [3.8, 4) is 0 Å². The van der Waals surface area contributed by atoms with Crippen LogP contribution in [0.5, 0.6) is 0 Å². The molecule has 0 aliphatic heterocycles. The van der Waals surface area contributed by atoms with Crippen LogP contribution in [0.2, 0.25) is 0 Å². The van der Waals surface area contributed by atoms with Gasteiger partial charge in [0.1, 0.15) is 5.82 Å². The largest absolute Gasteiger partial charge is 0.362 e. The Bertz CT molecular complexity index is 905. The number of fused-ring (bicyclic) bond motifs is 1. The molecule has 0 spiro atoms. The Morgan fingerprint density at radius 3 is 2.47 bits per heavy atom. The molecule has 0 radical (unpaired) electrons. The molecule has 162 valence electrons. The van der Waals surface area contributed by atoms with Gasteiger partial charge in [-0.2, -0.15) is 4.98 Å². The minimum Gasteiger partial charge on any atom is -0.362 e. The van der Waals surface area contributed by atoms with E-state index in [4.69, 9.17) is 9.97 Å². The van der Waals surface area contributed by atoms with Crippen molar-refractivity contribution in [3.63, 3.8) is 0 Å². The van der Waals surface area contributed by atoms with E-state index in [-0.39, 0.29) is 11.9 Å². The van der Waals surface area contributed by atoms with Gasteiger partial charge in [0.25, 0.3) is 5.91 Å². The number of rotatable bonds is 5. The first-order valence-corrected chi connectivity index (χ1v) is 12.9. The molecular formula is C21H27Br2N5OS. The number of amides is 1. The number of thiophene rings is 1. The van der Waals surface area contributed by atoms with E-state index in [2.05, 4.69) is 61.5 Å². The summed E-state index contributed by atoms with van der Waals surface area (Å²) in [7, 11) is 4.11. The Balaban J connectivity index is 1.35. The van der Waals surface area contributed by atoms with Gasteiger partial charge in [0, 0.05) is 36.2 Å². The first-order valence-electron chi connectivity index (χ1n) is 10.5. The van der Waals surface area contributed by atoms with Crippen molar-refractivity contribution < 1.29 is 4.79 Å². The molecule has 0 bridgehead atoms. The molecule has 1 fully saturated rings. The van der Waals surface area contributed by atoms with Crippen LogP contribution in [0.3, 0.4) is 0 Å². The zero-order valence-corrected chi connectivity index (χ0v) is 21.3. The molecule has 2 N–H and O–H groups in total. The molecule has 2 aliphatic rings. The Labute approximate surface area is 198 Å². The highest BCUT2D eigenvalue weighted by Gasteiger charge is 2.25. The molecular weight excluding hydrogens is 530 g/mol. The zero-order valence-electron chi connectivity index (χ0n) is 17.3. The molecule has 0 aromatic carbocycles. The van der Waals surface area contributed by atoms with Crippen LogP contribution in [0, 0.1) is 0 Å². The number of nitrogens with zero attached hydrogens (tertiary/aromatic N) is 3. The van der Waals surface area contributed by atoms with Crippen LogP contribution >= 0.6 is 43.2 Å². The van der Waals surface area contributed by atoms with Crippen molar-refractivity contribution in [2.45, 2.75) is 63.5 Å². The maximum absolute atomic E-state index is 12.5. The Hall–Kier alpha value is -1.19. The van der Waals surface area contributed by atoms with Gasteiger partial charge in [-0.05, 0) is 89.3 Å². The van der Waals surface area contributed by atoms with Crippen molar-refractivity contribution in [2.24, 2.45) is 0 Å². The van der Waals surface area contributed by atoms with Crippen LogP contribution in [0.4, 0.5) is 11.8 Å². The smallest absolute Gasteiger partial charge is 0.261 e. The molecule has 2 heterocycles. The van der Waals surface area contributed by atoms with Crippen molar-refractivity contribution >= 4 is 60.9 Å². The zero-order chi connectivity index (χ0) is 21.3. The van der Waals surface area contributed by atoms with Crippen LogP contribution in [-0.2, 0) is 12.8 Å². The first kappa shape index (κ1) is 22.0. The summed E-state index contributed by atoms with van der Waals surface area (Å²) in [5.41, 5.74) is 2.52. The van der Waals surface area contributed by atoms with E-state index in [1.54, 1.807) is 0 Å². The Kier molecular flexibility index (Phi) is 6.99.